The van der Waals surface area contributed by atoms with Gasteiger partial charge in [-0.1, -0.05) is 17.7 Å². The Hall–Kier alpha value is -2.58. The van der Waals surface area contributed by atoms with Crippen LogP contribution in [0.3, 0.4) is 0 Å². The molecule has 0 saturated carbocycles. The van der Waals surface area contributed by atoms with E-state index in [4.69, 9.17) is 16.3 Å². The second-order valence-electron chi connectivity index (χ2n) is 5.85. The van der Waals surface area contributed by atoms with Crippen LogP contribution in [0.5, 0.6) is 11.5 Å². The fourth-order valence-corrected chi connectivity index (χ4v) is 2.69. The lowest BCUT2D eigenvalue weighted by atomic mass is 10.0. The van der Waals surface area contributed by atoms with Gasteiger partial charge >= 0.3 is 6.18 Å². The molecule has 27 heavy (non-hydrogen) atoms. The number of rotatable bonds is 6. The van der Waals surface area contributed by atoms with Crippen molar-refractivity contribution >= 4 is 11.6 Å². The van der Waals surface area contributed by atoms with Gasteiger partial charge in [-0.25, -0.2) is 4.98 Å². The summed E-state index contributed by atoms with van der Waals surface area (Å²) in [6, 6.07) is 9.94. The summed E-state index contributed by atoms with van der Waals surface area (Å²) in [5, 5.41) is 14.4. The lowest BCUT2D eigenvalue weighted by molar-refractivity contribution is -0.138. The monoisotopic (exact) mass is 397 g/mol. The SMILES string of the molecule is OC(Cc1ccc(Oc2ccc(Cl)cc2)cc1C(F)(F)F)Cn1cncn1. The molecule has 5 nitrogen and oxygen atoms in total. The Morgan fingerprint density at radius 2 is 1.81 bits per heavy atom. The highest BCUT2D eigenvalue weighted by Crippen LogP contribution is 2.36. The van der Waals surface area contributed by atoms with Crippen molar-refractivity contribution in [2.45, 2.75) is 25.2 Å². The van der Waals surface area contributed by atoms with Crippen LogP contribution < -0.4 is 4.74 Å². The lowest BCUT2D eigenvalue weighted by Gasteiger charge is -2.17. The molecule has 0 aliphatic rings. The largest absolute Gasteiger partial charge is 0.457 e. The van der Waals surface area contributed by atoms with Gasteiger partial charge < -0.3 is 9.84 Å². The third-order valence-electron chi connectivity index (χ3n) is 3.76. The standard InChI is InChI=1S/C18H15ClF3N3O2/c19-13-2-5-15(6-3-13)27-16-4-1-12(17(8-16)18(20,21)22)7-14(26)9-25-11-23-10-24-25/h1-6,8,10-11,14,26H,7,9H2. The van der Waals surface area contributed by atoms with Gasteiger partial charge in [0.15, 0.2) is 0 Å². The number of hydrogen-bond donors (Lipinski definition) is 1. The molecule has 3 rings (SSSR count). The Bertz CT molecular complexity index is 884. The third kappa shape index (κ3) is 5.21. The molecule has 0 radical (unpaired) electrons. The van der Waals surface area contributed by atoms with Crippen molar-refractivity contribution in [1.29, 1.82) is 0 Å². The molecule has 0 aliphatic heterocycles. The summed E-state index contributed by atoms with van der Waals surface area (Å²) in [6.45, 7) is 0.0420. The van der Waals surface area contributed by atoms with Gasteiger partial charge in [-0.2, -0.15) is 18.3 Å². The maximum absolute atomic E-state index is 13.5. The first-order chi connectivity index (χ1) is 12.8. The van der Waals surface area contributed by atoms with Crippen LogP contribution in [-0.4, -0.2) is 26.0 Å². The fraction of sp³-hybridized carbons (Fsp3) is 0.222. The minimum Gasteiger partial charge on any atom is -0.457 e. The molecular weight excluding hydrogens is 383 g/mol. The summed E-state index contributed by atoms with van der Waals surface area (Å²) in [6.07, 6.45) is -3.14. The maximum Gasteiger partial charge on any atom is 0.416 e. The molecule has 142 valence electrons. The van der Waals surface area contributed by atoms with E-state index in [1.54, 1.807) is 24.3 Å². The Morgan fingerprint density at radius 1 is 1.11 bits per heavy atom. The van der Waals surface area contributed by atoms with Gasteiger partial charge in [-0.3, -0.25) is 4.68 Å². The molecule has 9 heteroatoms. The smallest absolute Gasteiger partial charge is 0.416 e. The molecule has 0 saturated heterocycles. The topological polar surface area (TPSA) is 60.2 Å². The van der Waals surface area contributed by atoms with Crippen molar-refractivity contribution in [2.75, 3.05) is 0 Å². The highest BCUT2D eigenvalue weighted by molar-refractivity contribution is 6.30. The van der Waals surface area contributed by atoms with Crippen LogP contribution >= 0.6 is 11.6 Å². The summed E-state index contributed by atoms with van der Waals surface area (Å²) in [7, 11) is 0. The summed E-state index contributed by atoms with van der Waals surface area (Å²) in [5.74, 6) is 0.408. The molecule has 1 N–H and O–H groups in total. The fourth-order valence-electron chi connectivity index (χ4n) is 2.56. The van der Waals surface area contributed by atoms with Crippen LogP contribution in [0.2, 0.25) is 5.02 Å². The number of hydrogen-bond acceptors (Lipinski definition) is 4. The highest BCUT2D eigenvalue weighted by atomic mass is 35.5. The Kier molecular flexibility index (Phi) is 5.67. The molecule has 0 aliphatic carbocycles. The maximum atomic E-state index is 13.5. The number of aromatic nitrogens is 3. The number of nitrogens with zero attached hydrogens (tertiary/aromatic N) is 3. The Morgan fingerprint density at radius 3 is 2.44 bits per heavy atom. The van der Waals surface area contributed by atoms with E-state index in [1.165, 1.54) is 29.5 Å². The van der Waals surface area contributed by atoms with Crippen molar-refractivity contribution in [2.24, 2.45) is 0 Å². The first-order valence-electron chi connectivity index (χ1n) is 7.95. The molecule has 0 amide bonds. The van der Waals surface area contributed by atoms with Crippen molar-refractivity contribution in [3.63, 3.8) is 0 Å². The first kappa shape index (κ1) is 19.2. The molecule has 1 unspecified atom stereocenters. The van der Waals surface area contributed by atoms with E-state index in [-0.39, 0.29) is 24.3 Å². The number of alkyl halides is 3. The zero-order chi connectivity index (χ0) is 19.4. The molecule has 0 bridgehead atoms. The van der Waals surface area contributed by atoms with Crippen molar-refractivity contribution in [3.05, 3.63) is 71.3 Å². The van der Waals surface area contributed by atoms with E-state index >= 15 is 0 Å². The van der Waals surface area contributed by atoms with Crippen LogP contribution in [0, 0.1) is 0 Å². The number of halogens is 4. The second-order valence-corrected chi connectivity index (χ2v) is 6.28. The summed E-state index contributed by atoms with van der Waals surface area (Å²) in [5.41, 5.74) is -0.884. The first-order valence-corrected chi connectivity index (χ1v) is 8.33. The van der Waals surface area contributed by atoms with Crippen LogP contribution in [0.25, 0.3) is 0 Å². The highest BCUT2D eigenvalue weighted by Gasteiger charge is 2.34. The van der Waals surface area contributed by atoms with Crippen molar-refractivity contribution in [3.8, 4) is 11.5 Å². The quantitative estimate of drug-likeness (QED) is 0.672. The average Bonchev–Trinajstić information content (AvgIpc) is 3.10. The Labute approximate surface area is 158 Å². The van der Waals surface area contributed by atoms with Gasteiger partial charge in [0.1, 0.15) is 24.2 Å². The van der Waals surface area contributed by atoms with Gasteiger partial charge in [0.05, 0.1) is 18.2 Å². The second kappa shape index (κ2) is 7.98. The van der Waals surface area contributed by atoms with E-state index in [9.17, 15) is 18.3 Å². The van der Waals surface area contributed by atoms with E-state index in [1.807, 2.05) is 0 Å². The number of ether oxygens (including phenoxy) is 1. The molecule has 1 aromatic heterocycles. The van der Waals surface area contributed by atoms with Crippen molar-refractivity contribution in [1.82, 2.24) is 14.8 Å². The van der Waals surface area contributed by atoms with Crippen molar-refractivity contribution < 1.29 is 23.0 Å². The van der Waals surface area contributed by atoms with E-state index in [0.717, 1.165) is 6.07 Å². The molecule has 2 aromatic carbocycles. The minimum atomic E-state index is -4.58. The molecule has 1 heterocycles. The zero-order valence-electron chi connectivity index (χ0n) is 13.9. The van der Waals surface area contributed by atoms with E-state index < -0.39 is 17.8 Å². The predicted molar refractivity (Wildman–Crippen MR) is 92.7 cm³/mol. The van der Waals surface area contributed by atoms with Gasteiger partial charge in [0.25, 0.3) is 0 Å². The van der Waals surface area contributed by atoms with Crippen LogP contribution in [0.4, 0.5) is 13.2 Å². The number of aliphatic hydroxyl groups is 1. The minimum absolute atomic E-state index is 0.0291. The summed E-state index contributed by atoms with van der Waals surface area (Å²) < 4.78 is 47.2. The van der Waals surface area contributed by atoms with Crippen LogP contribution in [-0.2, 0) is 19.1 Å². The third-order valence-corrected chi connectivity index (χ3v) is 4.01. The lowest BCUT2D eigenvalue weighted by Crippen LogP contribution is -2.21. The van der Waals surface area contributed by atoms with Gasteiger partial charge in [-0.15, -0.1) is 0 Å². The number of aliphatic hydroxyl groups excluding tert-OH is 1. The molecule has 3 aromatic rings. The van der Waals surface area contributed by atoms with Crippen LogP contribution in [0.15, 0.2) is 55.1 Å². The van der Waals surface area contributed by atoms with Gasteiger partial charge in [0.2, 0.25) is 0 Å². The Balaban J connectivity index is 1.80. The number of benzene rings is 2. The van der Waals surface area contributed by atoms with Gasteiger partial charge in [-0.05, 0) is 42.0 Å². The molecule has 1 atom stereocenters. The average molecular weight is 398 g/mol. The van der Waals surface area contributed by atoms with Gasteiger partial charge in [0, 0.05) is 11.4 Å². The normalized spacial score (nSPS) is 12.8. The molecular formula is C18H15ClF3N3O2. The van der Waals surface area contributed by atoms with Crippen LogP contribution in [0.1, 0.15) is 11.1 Å². The summed E-state index contributed by atoms with van der Waals surface area (Å²) in [4.78, 5) is 3.73. The van der Waals surface area contributed by atoms with E-state index in [2.05, 4.69) is 10.1 Å². The summed E-state index contributed by atoms with van der Waals surface area (Å²) >= 11 is 5.78. The van der Waals surface area contributed by atoms with E-state index in [0.29, 0.717) is 10.8 Å². The predicted octanol–water partition coefficient (Wildman–Crippen LogP) is 4.35. The molecule has 0 spiro atoms. The molecule has 0 fully saturated rings. The zero-order valence-corrected chi connectivity index (χ0v) is 14.7.